The van der Waals surface area contributed by atoms with E-state index in [4.69, 9.17) is 14.2 Å². The molecule has 3 aliphatic rings. The lowest BCUT2D eigenvalue weighted by atomic mass is 9.78. The van der Waals surface area contributed by atoms with E-state index >= 15 is 0 Å². The molecule has 2 aromatic carbocycles. The van der Waals surface area contributed by atoms with Crippen LogP contribution in [0.5, 0.6) is 11.5 Å². The van der Waals surface area contributed by atoms with Crippen LogP contribution in [0.1, 0.15) is 109 Å². The summed E-state index contributed by atoms with van der Waals surface area (Å²) in [7, 11) is 3.41. The molecule has 7 heteroatoms. The molecule has 0 amide bonds. The lowest BCUT2D eigenvalue weighted by Crippen LogP contribution is -2.46. The zero-order valence-electron chi connectivity index (χ0n) is 30.7. The van der Waals surface area contributed by atoms with Crippen LogP contribution >= 0.6 is 0 Å². The first-order valence-electron chi connectivity index (χ1n) is 18.2. The van der Waals surface area contributed by atoms with Gasteiger partial charge in [-0.15, -0.1) is 0 Å². The third-order valence-corrected chi connectivity index (χ3v) is 9.80. The Morgan fingerprint density at radius 1 is 0.980 bits per heavy atom. The van der Waals surface area contributed by atoms with Crippen molar-refractivity contribution >= 4 is 11.3 Å². The molecule has 5 nitrogen and oxygen atoms in total. The highest BCUT2D eigenvalue weighted by molar-refractivity contribution is 5.71. The topological polar surface area (TPSA) is 34.2 Å². The number of piperidine rings is 1. The number of methoxy groups -OCH3 is 2. The molecule has 1 aliphatic heterocycles. The van der Waals surface area contributed by atoms with E-state index in [9.17, 15) is 8.78 Å². The predicted molar refractivity (Wildman–Crippen MR) is 197 cm³/mol. The van der Waals surface area contributed by atoms with Gasteiger partial charge in [0.2, 0.25) is 0 Å². The lowest BCUT2D eigenvalue weighted by Gasteiger charge is -2.42. The van der Waals surface area contributed by atoms with Gasteiger partial charge in [0.15, 0.2) is 29.0 Å². The number of anilines is 1. The number of hydrogen-bond acceptors (Lipinski definition) is 5. The van der Waals surface area contributed by atoms with E-state index in [1.54, 1.807) is 20.3 Å². The van der Waals surface area contributed by atoms with Crippen molar-refractivity contribution in [1.82, 2.24) is 4.90 Å². The van der Waals surface area contributed by atoms with Gasteiger partial charge in [-0.05, 0) is 125 Å². The second-order valence-electron chi connectivity index (χ2n) is 14.8. The summed E-state index contributed by atoms with van der Waals surface area (Å²) in [5, 5.41) is 0. The first kappa shape index (κ1) is 36.5. The second kappa shape index (κ2) is 16.3. The Labute approximate surface area is 293 Å². The standard InChI is InChI=1S/C42H56F2N2O3/c1-8-9-10-11-13-30(24-29(2)33-25-36(31-14-12-15-31)40(48-7)39(26-33)47-6)28-46(35-18-19-37(43)38(44)27-35)34-20-22-45(23-21-34)41(32-16-17-32)49-42(3,4)5/h10-11,13,18-19,24-27,31,34H,8-9,12,14-17,20-23,28H2,1-7H3/b11-10-,29-24+,30-13+. The van der Waals surface area contributed by atoms with Crippen molar-refractivity contribution in [2.45, 2.75) is 110 Å². The number of nitrogens with zero attached hydrogens (tertiary/aromatic N) is 2. The Morgan fingerprint density at radius 2 is 1.71 bits per heavy atom. The largest absolute Gasteiger partial charge is 0.493 e. The smallest absolute Gasteiger partial charge is 0.188 e. The molecule has 0 bridgehead atoms. The van der Waals surface area contributed by atoms with E-state index in [0.717, 1.165) is 98.5 Å². The van der Waals surface area contributed by atoms with Gasteiger partial charge in [0.1, 0.15) is 5.60 Å². The van der Waals surface area contributed by atoms with E-state index in [1.165, 1.54) is 29.7 Å². The van der Waals surface area contributed by atoms with Crippen molar-refractivity contribution in [3.63, 3.8) is 0 Å². The van der Waals surface area contributed by atoms with Gasteiger partial charge < -0.3 is 24.0 Å². The van der Waals surface area contributed by atoms with Gasteiger partial charge in [-0.1, -0.05) is 44.1 Å². The monoisotopic (exact) mass is 674 g/mol. The van der Waals surface area contributed by atoms with Crippen LogP contribution in [0.3, 0.4) is 0 Å². The van der Waals surface area contributed by atoms with Crippen LogP contribution in [0.15, 0.2) is 71.7 Å². The number of unbranched alkanes of at least 4 members (excludes halogenated alkanes) is 1. The minimum absolute atomic E-state index is 0.143. The van der Waals surface area contributed by atoms with Crippen LogP contribution in [0.4, 0.5) is 14.5 Å². The van der Waals surface area contributed by atoms with Crippen LogP contribution in [0.2, 0.25) is 0 Å². The normalized spacial score (nSPS) is 17.7. The van der Waals surface area contributed by atoms with Crippen molar-refractivity contribution in [1.29, 1.82) is 0 Å². The minimum atomic E-state index is -0.830. The van der Waals surface area contributed by atoms with Crippen LogP contribution in [-0.2, 0) is 4.74 Å². The molecule has 2 aromatic rings. The van der Waals surface area contributed by atoms with E-state index < -0.39 is 11.6 Å². The van der Waals surface area contributed by atoms with Crippen LogP contribution in [-0.4, -0.2) is 50.4 Å². The molecule has 2 aliphatic carbocycles. The predicted octanol–water partition coefficient (Wildman–Crippen LogP) is 10.7. The molecule has 1 heterocycles. The zero-order chi connectivity index (χ0) is 35.1. The van der Waals surface area contributed by atoms with Crippen molar-refractivity contribution < 1.29 is 23.0 Å². The van der Waals surface area contributed by atoms with E-state index in [-0.39, 0.29) is 11.6 Å². The number of benzene rings is 2. The molecule has 266 valence electrons. The molecule has 0 spiro atoms. The quantitative estimate of drug-likeness (QED) is 0.147. The fourth-order valence-electron chi connectivity index (χ4n) is 6.81. The maximum absolute atomic E-state index is 14.8. The summed E-state index contributed by atoms with van der Waals surface area (Å²) in [6.07, 6.45) is 18.3. The zero-order valence-corrected chi connectivity index (χ0v) is 30.7. The van der Waals surface area contributed by atoms with Gasteiger partial charge in [-0.3, -0.25) is 0 Å². The Hall–Kier alpha value is -3.74. The number of ether oxygens (including phenoxy) is 3. The summed E-state index contributed by atoms with van der Waals surface area (Å²) in [5.74, 6) is 1.43. The molecule has 49 heavy (non-hydrogen) atoms. The van der Waals surface area contributed by atoms with Gasteiger partial charge in [0.25, 0.3) is 0 Å². The van der Waals surface area contributed by atoms with Crippen LogP contribution in [0.25, 0.3) is 5.57 Å². The highest BCUT2D eigenvalue weighted by atomic mass is 19.2. The fraction of sp³-hybridized carbons (Fsp3) is 0.524. The number of halogens is 2. The average molecular weight is 675 g/mol. The number of hydrogen-bond donors (Lipinski definition) is 0. The molecule has 0 aromatic heterocycles. The second-order valence-corrected chi connectivity index (χ2v) is 14.8. The van der Waals surface area contributed by atoms with Gasteiger partial charge in [-0.25, -0.2) is 8.78 Å². The first-order chi connectivity index (χ1) is 23.5. The minimum Gasteiger partial charge on any atom is -0.493 e. The summed E-state index contributed by atoms with van der Waals surface area (Å²) in [6, 6.07) is 8.77. The van der Waals surface area contributed by atoms with Crippen molar-refractivity contribution in [2.24, 2.45) is 0 Å². The SMILES string of the molecule is CCC\C=C/C=C(\C=C(/C)c1cc(OC)c(OC)c(C2CCC2)c1)CN(c1ccc(F)c(F)c1)C1CCN(C(OC(C)(C)C)=C2CC2)CC1. The van der Waals surface area contributed by atoms with E-state index in [0.29, 0.717) is 18.2 Å². The Morgan fingerprint density at radius 3 is 2.29 bits per heavy atom. The van der Waals surface area contributed by atoms with Crippen molar-refractivity contribution in [3.05, 3.63) is 94.4 Å². The molecular weight excluding hydrogens is 618 g/mol. The molecule has 0 N–H and O–H groups in total. The Balaban J connectivity index is 1.47. The molecule has 0 atom stereocenters. The molecule has 0 radical (unpaired) electrons. The molecule has 5 rings (SSSR count). The van der Waals surface area contributed by atoms with Crippen molar-refractivity contribution in [2.75, 3.05) is 38.8 Å². The van der Waals surface area contributed by atoms with Gasteiger partial charge in [0.05, 0.1) is 14.2 Å². The first-order valence-corrected chi connectivity index (χ1v) is 18.2. The summed E-state index contributed by atoms with van der Waals surface area (Å²) >= 11 is 0. The van der Waals surface area contributed by atoms with E-state index in [2.05, 4.69) is 80.9 Å². The number of likely N-dealkylation sites (tertiary alicyclic amines) is 1. The lowest BCUT2D eigenvalue weighted by molar-refractivity contribution is -0.00533. The molecular formula is C42H56F2N2O3. The average Bonchev–Trinajstić information content (AvgIpc) is 3.90. The maximum atomic E-state index is 14.8. The number of rotatable bonds is 14. The van der Waals surface area contributed by atoms with Gasteiger partial charge in [-0.2, -0.15) is 0 Å². The summed E-state index contributed by atoms with van der Waals surface area (Å²) in [6.45, 7) is 12.9. The maximum Gasteiger partial charge on any atom is 0.188 e. The van der Waals surface area contributed by atoms with Gasteiger partial charge in [0, 0.05) is 43.0 Å². The third-order valence-electron chi connectivity index (χ3n) is 9.80. The summed E-state index contributed by atoms with van der Waals surface area (Å²) < 4.78 is 47.0. The third kappa shape index (κ3) is 9.49. The van der Waals surface area contributed by atoms with E-state index in [1.807, 2.05) is 0 Å². The summed E-state index contributed by atoms with van der Waals surface area (Å²) in [4.78, 5) is 4.66. The Kier molecular flexibility index (Phi) is 12.2. The molecule has 2 saturated carbocycles. The molecule has 3 fully saturated rings. The highest BCUT2D eigenvalue weighted by Gasteiger charge is 2.33. The van der Waals surface area contributed by atoms with Crippen LogP contribution in [0, 0.1) is 11.6 Å². The van der Waals surface area contributed by atoms with Crippen LogP contribution < -0.4 is 14.4 Å². The highest BCUT2D eigenvalue weighted by Crippen LogP contribution is 2.46. The van der Waals surface area contributed by atoms with Gasteiger partial charge >= 0.3 is 0 Å². The molecule has 1 saturated heterocycles. The molecule has 0 unspecified atom stereocenters. The number of allylic oxidation sites excluding steroid dienone is 5. The Bertz CT molecular complexity index is 1570. The fourth-order valence-corrected chi connectivity index (χ4v) is 6.81. The summed E-state index contributed by atoms with van der Waals surface area (Å²) in [5.41, 5.74) is 6.32. The van der Waals surface area contributed by atoms with Crippen molar-refractivity contribution in [3.8, 4) is 11.5 Å².